The molecule has 1 radical (unpaired) electrons. The van der Waals surface area contributed by atoms with E-state index in [4.69, 9.17) is 0 Å². The predicted octanol–water partition coefficient (Wildman–Crippen LogP) is 6.83. The van der Waals surface area contributed by atoms with Gasteiger partial charge in [-0.1, -0.05) is 108 Å². The van der Waals surface area contributed by atoms with Crippen LogP contribution in [0.2, 0.25) is 0 Å². The van der Waals surface area contributed by atoms with Gasteiger partial charge in [-0.2, -0.15) is 0 Å². The average Bonchev–Trinajstić information content (AvgIpc) is 2.85. The van der Waals surface area contributed by atoms with Crippen LogP contribution in [0, 0.1) is 13.3 Å². The maximum absolute atomic E-state index is 2.15. The van der Waals surface area contributed by atoms with Crippen molar-refractivity contribution in [1.82, 2.24) is 0 Å². The third-order valence-corrected chi connectivity index (χ3v) is 4.14. The van der Waals surface area contributed by atoms with E-state index in [0.717, 1.165) is 0 Å². The molecule has 1 aliphatic carbocycles. The molecule has 0 fully saturated rings. The Morgan fingerprint density at radius 2 is 1.12 bits per heavy atom. The molecule has 25 heavy (non-hydrogen) atoms. The molecular formula is C25H23. The van der Waals surface area contributed by atoms with Crippen LogP contribution in [0.5, 0.6) is 0 Å². The van der Waals surface area contributed by atoms with Crippen LogP contribution in [0.1, 0.15) is 29.2 Å². The van der Waals surface area contributed by atoms with Crippen LogP contribution in [0.4, 0.5) is 0 Å². The number of rotatable bonds is 4. The van der Waals surface area contributed by atoms with E-state index in [9.17, 15) is 0 Å². The van der Waals surface area contributed by atoms with Gasteiger partial charge >= 0.3 is 0 Å². The molecule has 0 unspecified atom stereocenters. The van der Waals surface area contributed by atoms with E-state index in [0.29, 0.717) is 0 Å². The lowest BCUT2D eigenvalue weighted by atomic mass is 10.1. The number of allylic oxidation sites excluding steroid dienone is 7. The fraction of sp³-hybridized carbons (Fsp3) is 0.0800. The molecule has 0 saturated carbocycles. The van der Waals surface area contributed by atoms with Crippen LogP contribution >= 0.6 is 0 Å². The van der Waals surface area contributed by atoms with Gasteiger partial charge in [0.2, 0.25) is 0 Å². The summed E-state index contributed by atoms with van der Waals surface area (Å²) in [5.41, 5.74) is 7.40. The first-order chi connectivity index (χ1) is 12.2. The fourth-order valence-corrected chi connectivity index (χ4v) is 2.54. The molecule has 0 nitrogen and oxygen atoms in total. The normalized spacial score (nSPS) is 14.6. The molecule has 0 amide bonds. The molecule has 0 bridgehead atoms. The van der Waals surface area contributed by atoms with E-state index in [1.807, 2.05) is 0 Å². The summed E-state index contributed by atoms with van der Waals surface area (Å²) in [7, 11) is 0. The Balaban J connectivity index is 1.64. The van der Waals surface area contributed by atoms with Crippen molar-refractivity contribution < 1.29 is 0 Å². The molecule has 1 aliphatic rings. The molecule has 0 heterocycles. The molecule has 0 aromatic heterocycles. The Bertz CT molecular complexity index is 851. The van der Waals surface area contributed by atoms with Gasteiger partial charge in [-0.05, 0) is 36.1 Å². The SMILES string of the molecule is CC1=CC=CC(/C=C/c2ccc(/C=C/c3ccc(C)cc3)cc2)=C[CH]1. The summed E-state index contributed by atoms with van der Waals surface area (Å²) in [5.74, 6) is 0. The molecule has 0 heteroatoms. The quantitative estimate of drug-likeness (QED) is 0.541. The first kappa shape index (κ1) is 17.0. The molecule has 3 rings (SSSR count). The number of hydrogen-bond acceptors (Lipinski definition) is 0. The van der Waals surface area contributed by atoms with Crippen molar-refractivity contribution in [2.75, 3.05) is 0 Å². The minimum Gasteiger partial charge on any atom is -0.0692 e. The molecular weight excluding hydrogens is 300 g/mol. The monoisotopic (exact) mass is 323 g/mol. The van der Waals surface area contributed by atoms with Crippen molar-refractivity contribution in [3.8, 4) is 0 Å². The maximum Gasteiger partial charge on any atom is 0.00867 e. The van der Waals surface area contributed by atoms with Crippen molar-refractivity contribution in [2.45, 2.75) is 13.8 Å². The van der Waals surface area contributed by atoms with Crippen LogP contribution in [-0.4, -0.2) is 0 Å². The van der Waals surface area contributed by atoms with Gasteiger partial charge in [0.25, 0.3) is 0 Å². The summed E-state index contributed by atoms with van der Waals surface area (Å²) in [5, 5.41) is 0. The summed E-state index contributed by atoms with van der Waals surface area (Å²) >= 11 is 0. The number of benzene rings is 2. The summed E-state index contributed by atoms with van der Waals surface area (Å²) in [4.78, 5) is 0. The molecule has 123 valence electrons. The van der Waals surface area contributed by atoms with Crippen molar-refractivity contribution in [1.29, 1.82) is 0 Å². The molecule has 0 atom stereocenters. The molecule has 0 aliphatic heterocycles. The van der Waals surface area contributed by atoms with E-state index >= 15 is 0 Å². The highest BCUT2D eigenvalue weighted by molar-refractivity contribution is 5.70. The lowest BCUT2D eigenvalue weighted by Crippen LogP contribution is -1.77. The predicted molar refractivity (Wildman–Crippen MR) is 111 cm³/mol. The fourth-order valence-electron chi connectivity index (χ4n) is 2.54. The maximum atomic E-state index is 2.15. The van der Waals surface area contributed by atoms with Gasteiger partial charge in [-0.15, -0.1) is 0 Å². The standard InChI is InChI=1S/C25H23/c1-20-4-3-5-22(9-6-20)12-13-24-16-18-25(19-17-24)15-14-23-10-7-21(2)8-11-23/h3-19H,1-2H3/b13-12+,15-14+. The lowest BCUT2D eigenvalue weighted by molar-refractivity contribution is 1.44. The average molecular weight is 323 g/mol. The van der Waals surface area contributed by atoms with E-state index < -0.39 is 0 Å². The minimum atomic E-state index is 1.20. The van der Waals surface area contributed by atoms with Crippen molar-refractivity contribution >= 4 is 18.2 Å². The largest absolute Gasteiger partial charge is 0.0692 e. The van der Waals surface area contributed by atoms with Crippen molar-refractivity contribution in [3.63, 3.8) is 0 Å². The summed E-state index contributed by atoms with van der Waals surface area (Å²) in [6.45, 7) is 4.21. The van der Waals surface area contributed by atoms with Gasteiger partial charge in [0.15, 0.2) is 0 Å². The topological polar surface area (TPSA) is 0 Å². The highest BCUT2D eigenvalue weighted by Crippen LogP contribution is 2.15. The minimum absolute atomic E-state index is 1.20. The molecule has 0 spiro atoms. The number of aryl methyl sites for hydroxylation is 1. The van der Waals surface area contributed by atoms with Crippen molar-refractivity contribution in [2.24, 2.45) is 0 Å². The Hall–Kier alpha value is -2.86. The van der Waals surface area contributed by atoms with Crippen molar-refractivity contribution in [3.05, 3.63) is 119 Å². The second kappa shape index (κ2) is 8.30. The lowest BCUT2D eigenvalue weighted by Gasteiger charge is -1.98. The van der Waals surface area contributed by atoms with Gasteiger partial charge < -0.3 is 0 Å². The van der Waals surface area contributed by atoms with Gasteiger partial charge in [0, 0.05) is 6.42 Å². The van der Waals surface area contributed by atoms with Crippen LogP contribution in [0.25, 0.3) is 18.2 Å². The zero-order valence-electron chi connectivity index (χ0n) is 14.8. The summed E-state index contributed by atoms with van der Waals surface area (Å²) in [6, 6.07) is 17.2. The summed E-state index contributed by atoms with van der Waals surface area (Å²) < 4.78 is 0. The van der Waals surface area contributed by atoms with Crippen LogP contribution in [-0.2, 0) is 0 Å². The molecule has 2 aromatic carbocycles. The third-order valence-electron chi connectivity index (χ3n) is 4.14. The van der Waals surface area contributed by atoms with Crippen LogP contribution < -0.4 is 0 Å². The Labute approximate surface area is 151 Å². The zero-order chi connectivity index (χ0) is 17.5. The van der Waals surface area contributed by atoms with E-state index in [1.54, 1.807) is 0 Å². The first-order valence-corrected chi connectivity index (χ1v) is 8.62. The highest BCUT2D eigenvalue weighted by atomic mass is 14.0. The molecule has 0 saturated heterocycles. The first-order valence-electron chi connectivity index (χ1n) is 8.62. The third kappa shape index (κ3) is 5.32. The molecule has 0 N–H and O–H groups in total. The van der Waals surface area contributed by atoms with E-state index in [1.165, 1.54) is 33.4 Å². The summed E-state index contributed by atoms with van der Waals surface area (Å²) in [6.07, 6.45) is 19.2. The second-order valence-corrected chi connectivity index (χ2v) is 6.35. The Morgan fingerprint density at radius 3 is 1.72 bits per heavy atom. The van der Waals surface area contributed by atoms with Gasteiger partial charge in [0.05, 0.1) is 0 Å². The van der Waals surface area contributed by atoms with Gasteiger partial charge in [-0.25, -0.2) is 0 Å². The van der Waals surface area contributed by atoms with Gasteiger partial charge in [-0.3, -0.25) is 0 Å². The van der Waals surface area contributed by atoms with Crippen LogP contribution in [0.15, 0.2) is 90.1 Å². The highest BCUT2D eigenvalue weighted by Gasteiger charge is 1.94. The molecule has 2 aromatic rings. The Kier molecular flexibility index (Phi) is 5.64. The van der Waals surface area contributed by atoms with Gasteiger partial charge in [0.1, 0.15) is 0 Å². The second-order valence-electron chi connectivity index (χ2n) is 6.35. The van der Waals surface area contributed by atoms with Crippen LogP contribution in [0.3, 0.4) is 0 Å². The zero-order valence-corrected chi connectivity index (χ0v) is 14.8. The smallest absolute Gasteiger partial charge is 0.00867 e. The number of hydrogen-bond donors (Lipinski definition) is 0. The Morgan fingerprint density at radius 1 is 0.600 bits per heavy atom. The van der Waals surface area contributed by atoms with E-state index in [2.05, 4.69) is 117 Å². The van der Waals surface area contributed by atoms with E-state index in [-0.39, 0.29) is 0 Å².